The molecule has 5 heteroatoms. The molecule has 0 amide bonds. The van der Waals surface area contributed by atoms with Crippen LogP contribution in [0.1, 0.15) is 5.56 Å². The first-order chi connectivity index (χ1) is 10.2. The average Bonchev–Trinajstić information content (AvgIpc) is 2.48. The Labute approximate surface area is 133 Å². The number of halogens is 2. The molecule has 0 saturated carbocycles. The summed E-state index contributed by atoms with van der Waals surface area (Å²) in [6.45, 7) is 2.01. The van der Waals surface area contributed by atoms with Crippen LogP contribution in [0.2, 0.25) is 5.02 Å². The van der Waals surface area contributed by atoms with E-state index in [0.717, 1.165) is 17.0 Å². The maximum atomic E-state index is 13.8. The molecule has 2 rings (SSSR count). The Balaban J connectivity index is 2.15. The highest BCUT2D eigenvalue weighted by molar-refractivity contribution is 7.99. The molecular weight excluding hydrogens is 309 g/mol. The molecule has 1 N–H and O–H groups in total. The van der Waals surface area contributed by atoms with Crippen molar-refractivity contribution in [3.8, 4) is 0 Å². The van der Waals surface area contributed by atoms with Crippen LogP contribution < -0.4 is 5.32 Å². The van der Waals surface area contributed by atoms with Gasteiger partial charge in [0.25, 0.3) is 0 Å². The van der Waals surface area contributed by atoms with Gasteiger partial charge in [-0.15, -0.1) is 0 Å². The Morgan fingerprint density at radius 2 is 1.90 bits per heavy atom. The number of hydrogen-bond acceptors (Lipinski definition) is 3. The van der Waals surface area contributed by atoms with Gasteiger partial charge in [-0.05, 0) is 29.8 Å². The molecule has 21 heavy (non-hydrogen) atoms. The van der Waals surface area contributed by atoms with E-state index in [1.807, 2.05) is 24.3 Å². The summed E-state index contributed by atoms with van der Waals surface area (Å²) in [5, 5.41) is 3.95. The minimum absolute atomic E-state index is 0.222. The summed E-state index contributed by atoms with van der Waals surface area (Å²) in [7, 11) is 1.66. The Hall–Kier alpha value is -1.07. The standard InChI is InChI=1S/C16H17ClFNOS/c1-20-10-9-19-11-12-13(17)5-4-8-15(12)21-16-7-3-2-6-14(16)18/h2-8,19H,9-11H2,1H3. The van der Waals surface area contributed by atoms with Crippen molar-refractivity contribution in [2.24, 2.45) is 0 Å². The zero-order chi connectivity index (χ0) is 15.1. The molecule has 0 heterocycles. The van der Waals surface area contributed by atoms with E-state index in [9.17, 15) is 4.39 Å². The van der Waals surface area contributed by atoms with Gasteiger partial charge in [-0.25, -0.2) is 4.39 Å². The predicted molar refractivity (Wildman–Crippen MR) is 85.6 cm³/mol. The third kappa shape index (κ3) is 4.71. The predicted octanol–water partition coefficient (Wildman–Crippen LogP) is 4.37. The lowest BCUT2D eigenvalue weighted by Gasteiger charge is -2.12. The van der Waals surface area contributed by atoms with Crippen LogP contribution in [0.3, 0.4) is 0 Å². The van der Waals surface area contributed by atoms with Crippen molar-refractivity contribution >= 4 is 23.4 Å². The summed E-state index contributed by atoms with van der Waals surface area (Å²) in [6, 6.07) is 12.4. The van der Waals surface area contributed by atoms with E-state index >= 15 is 0 Å². The van der Waals surface area contributed by atoms with Crippen LogP contribution in [0, 0.1) is 5.82 Å². The fraction of sp³-hybridized carbons (Fsp3) is 0.250. The van der Waals surface area contributed by atoms with Crippen LogP contribution in [-0.4, -0.2) is 20.3 Å². The van der Waals surface area contributed by atoms with E-state index in [1.54, 1.807) is 19.2 Å². The fourth-order valence-corrected chi connectivity index (χ4v) is 3.14. The van der Waals surface area contributed by atoms with Gasteiger partial charge < -0.3 is 10.1 Å². The van der Waals surface area contributed by atoms with E-state index in [0.29, 0.717) is 23.1 Å². The fourth-order valence-electron chi connectivity index (χ4n) is 1.84. The molecule has 112 valence electrons. The van der Waals surface area contributed by atoms with Crippen molar-refractivity contribution in [1.82, 2.24) is 5.32 Å². The summed E-state index contributed by atoms with van der Waals surface area (Å²) in [5.41, 5.74) is 0.975. The number of ether oxygens (including phenoxy) is 1. The molecule has 0 saturated heterocycles. The highest BCUT2D eigenvalue weighted by Gasteiger charge is 2.10. The van der Waals surface area contributed by atoms with Crippen LogP contribution in [0.25, 0.3) is 0 Å². The Bertz CT molecular complexity index is 594. The summed E-state index contributed by atoms with van der Waals surface area (Å²) >= 11 is 7.66. The maximum Gasteiger partial charge on any atom is 0.137 e. The molecule has 0 atom stereocenters. The van der Waals surface area contributed by atoms with Gasteiger partial charge in [0.15, 0.2) is 0 Å². The average molecular weight is 326 g/mol. The normalized spacial score (nSPS) is 10.8. The van der Waals surface area contributed by atoms with Crippen molar-refractivity contribution in [3.05, 3.63) is 58.9 Å². The molecule has 0 aliphatic heterocycles. The van der Waals surface area contributed by atoms with Crippen molar-refractivity contribution in [2.45, 2.75) is 16.3 Å². The second-order valence-corrected chi connectivity index (χ2v) is 5.91. The smallest absolute Gasteiger partial charge is 0.137 e. The SMILES string of the molecule is COCCNCc1c(Cl)cccc1Sc1ccccc1F. The molecule has 0 aromatic heterocycles. The lowest BCUT2D eigenvalue weighted by molar-refractivity contribution is 0.199. The van der Waals surface area contributed by atoms with Crippen molar-refractivity contribution in [1.29, 1.82) is 0 Å². The molecule has 0 bridgehead atoms. The van der Waals surface area contributed by atoms with Gasteiger partial charge in [-0.2, -0.15) is 0 Å². The van der Waals surface area contributed by atoms with E-state index in [2.05, 4.69) is 5.32 Å². The van der Waals surface area contributed by atoms with E-state index in [4.69, 9.17) is 16.3 Å². The first-order valence-corrected chi connectivity index (χ1v) is 7.81. The lowest BCUT2D eigenvalue weighted by Crippen LogP contribution is -2.19. The summed E-state index contributed by atoms with van der Waals surface area (Å²) in [5.74, 6) is -0.222. The van der Waals surface area contributed by atoms with Crippen molar-refractivity contribution in [2.75, 3.05) is 20.3 Å². The lowest BCUT2D eigenvalue weighted by atomic mass is 10.2. The number of benzene rings is 2. The molecule has 0 spiro atoms. The topological polar surface area (TPSA) is 21.3 Å². The summed E-state index contributed by atoms with van der Waals surface area (Å²) in [4.78, 5) is 1.55. The Morgan fingerprint density at radius 1 is 1.14 bits per heavy atom. The summed E-state index contributed by atoms with van der Waals surface area (Å²) in [6.07, 6.45) is 0. The third-order valence-electron chi connectivity index (χ3n) is 2.92. The molecule has 2 aromatic rings. The number of rotatable bonds is 7. The zero-order valence-electron chi connectivity index (χ0n) is 11.7. The zero-order valence-corrected chi connectivity index (χ0v) is 13.3. The van der Waals surface area contributed by atoms with Gasteiger partial charge in [0, 0.05) is 35.0 Å². The molecule has 0 fully saturated rings. The highest BCUT2D eigenvalue weighted by Crippen LogP contribution is 2.34. The van der Waals surface area contributed by atoms with Crippen LogP contribution in [-0.2, 0) is 11.3 Å². The van der Waals surface area contributed by atoms with E-state index < -0.39 is 0 Å². The minimum Gasteiger partial charge on any atom is -0.383 e. The van der Waals surface area contributed by atoms with Crippen LogP contribution in [0.5, 0.6) is 0 Å². The van der Waals surface area contributed by atoms with Gasteiger partial charge >= 0.3 is 0 Å². The molecule has 0 aliphatic rings. The molecular formula is C16H17ClFNOS. The van der Waals surface area contributed by atoms with Crippen LogP contribution in [0.4, 0.5) is 4.39 Å². The van der Waals surface area contributed by atoms with Gasteiger partial charge in [0.2, 0.25) is 0 Å². The monoisotopic (exact) mass is 325 g/mol. The number of methoxy groups -OCH3 is 1. The number of hydrogen-bond donors (Lipinski definition) is 1. The molecule has 0 unspecified atom stereocenters. The van der Waals surface area contributed by atoms with Gasteiger partial charge in [0.05, 0.1) is 6.61 Å². The van der Waals surface area contributed by atoms with E-state index in [1.165, 1.54) is 17.8 Å². The number of nitrogens with one attached hydrogen (secondary N) is 1. The minimum atomic E-state index is -0.222. The molecule has 0 aliphatic carbocycles. The van der Waals surface area contributed by atoms with Gasteiger partial charge in [-0.1, -0.05) is 41.6 Å². The quantitative estimate of drug-likeness (QED) is 0.764. The third-order valence-corrected chi connectivity index (χ3v) is 4.42. The van der Waals surface area contributed by atoms with Crippen LogP contribution in [0.15, 0.2) is 52.3 Å². The van der Waals surface area contributed by atoms with Crippen LogP contribution >= 0.6 is 23.4 Å². The van der Waals surface area contributed by atoms with Gasteiger partial charge in [-0.3, -0.25) is 0 Å². The molecule has 2 aromatic carbocycles. The molecule has 2 nitrogen and oxygen atoms in total. The van der Waals surface area contributed by atoms with E-state index in [-0.39, 0.29) is 5.82 Å². The van der Waals surface area contributed by atoms with Crippen molar-refractivity contribution in [3.63, 3.8) is 0 Å². The largest absolute Gasteiger partial charge is 0.383 e. The summed E-state index contributed by atoms with van der Waals surface area (Å²) < 4.78 is 18.8. The highest BCUT2D eigenvalue weighted by atomic mass is 35.5. The first-order valence-electron chi connectivity index (χ1n) is 6.62. The first kappa shape index (κ1) is 16.3. The second-order valence-electron chi connectivity index (χ2n) is 4.42. The van der Waals surface area contributed by atoms with Gasteiger partial charge in [0.1, 0.15) is 5.82 Å². The maximum absolute atomic E-state index is 13.8. The Kier molecular flexibility index (Phi) is 6.51. The van der Waals surface area contributed by atoms with Crippen molar-refractivity contribution < 1.29 is 9.13 Å². The Morgan fingerprint density at radius 3 is 2.67 bits per heavy atom. The molecule has 0 radical (unpaired) electrons. The second kappa shape index (κ2) is 8.39.